The highest BCUT2D eigenvalue weighted by Gasteiger charge is 2.13. The van der Waals surface area contributed by atoms with E-state index in [4.69, 9.17) is 20.8 Å². The standard InChI is InChI=1S/C25H20ClNO4/c1-14-10-15(2)24-19(11-14)21(28)13-23(31-24)16-4-6-17(7-5-16)25(29)27-20-12-18(26)8-9-22(20)30-3/h4-13H,1-3H3,(H,27,29). The molecule has 5 nitrogen and oxygen atoms in total. The summed E-state index contributed by atoms with van der Waals surface area (Å²) in [6, 6.07) is 17.1. The van der Waals surface area contributed by atoms with Crippen LogP contribution in [0.4, 0.5) is 5.69 Å². The van der Waals surface area contributed by atoms with Gasteiger partial charge in [-0.25, -0.2) is 0 Å². The van der Waals surface area contributed by atoms with Gasteiger partial charge in [-0.1, -0.05) is 29.8 Å². The molecule has 0 bridgehead atoms. The van der Waals surface area contributed by atoms with Crippen LogP contribution in [0.2, 0.25) is 5.02 Å². The Balaban J connectivity index is 1.64. The van der Waals surface area contributed by atoms with E-state index in [1.807, 2.05) is 26.0 Å². The minimum atomic E-state index is -0.307. The molecule has 31 heavy (non-hydrogen) atoms. The van der Waals surface area contributed by atoms with E-state index in [1.165, 1.54) is 13.2 Å². The van der Waals surface area contributed by atoms with E-state index in [2.05, 4.69) is 5.32 Å². The van der Waals surface area contributed by atoms with Crippen molar-refractivity contribution in [2.24, 2.45) is 0 Å². The molecule has 0 radical (unpaired) electrons. The fourth-order valence-electron chi connectivity index (χ4n) is 3.51. The second kappa shape index (κ2) is 8.28. The predicted molar refractivity (Wildman–Crippen MR) is 123 cm³/mol. The molecule has 0 fully saturated rings. The number of carbonyl (C=O) groups is 1. The molecule has 0 aliphatic heterocycles. The molecular weight excluding hydrogens is 414 g/mol. The van der Waals surface area contributed by atoms with Gasteiger partial charge in [0.25, 0.3) is 5.91 Å². The number of fused-ring (bicyclic) bond motifs is 1. The number of halogens is 1. The van der Waals surface area contributed by atoms with Crippen molar-refractivity contribution in [1.29, 1.82) is 0 Å². The van der Waals surface area contributed by atoms with Crippen LogP contribution < -0.4 is 15.5 Å². The average molecular weight is 434 g/mol. The van der Waals surface area contributed by atoms with Crippen molar-refractivity contribution in [2.75, 3.05) is 12.4 Å². The smallest absolute Gasteiger partial charge is 0.255 e. The number of hydrogen-bond donors (Lipinski definition) is 1. The van der Waals surface area contributed by atoms with Crippen molar-refractivity contribution in [3.63, 3.8) is 0 Å². The van der Waals surface area contributed by atoms with Gasteiger partial charge in [0, 0.05) is 22.2 Å². The van der Waals surface area contributed by atoms with Crippen molar-refractivity contribution >= 4 is 34.2 Å². The Morgan fingerprint density at radius 3 is 2.45 bits per heavy atom. The molecule has 0 spiro atoms. The first kappa shape index (κ1) is 20.7. The molecule has 0 atom stereocenters. The van der Waals surface area contributed by atoms with Crippen LogP contribution in [-0.2, 0) is 0 Å². The molecule has 0 aliphatic carbocycles. The maximum Gasteiger partial charge on any atom is 0.255 e. The molecule has 1 aromatic heterocycles. The van der Waals surface area contributed by atoms with Gasteiger partial charge in [0.05, 0.1) is 18.2 Å². The van der Waals surface area contributed by atoms with E-state index >= 15 is 0 Å². The predicted octanol–water partition coefficient (Wildman–Crippen LogP) is 5.99. The molecule has 0 aliphatic rings. The lowest BCUT2D eigenvalue weighted by molar-refractivity contribution is 0.102. The molecule has 1 amide bonds. The van der Waals surface area contributed by atoms with Crippen molar-refractivity contribution < 1.29 is 13.9 Å². The molecule has 6 heteroatoms. The molecule has 0 saturated heterocycles. The Kier molecular flexibility index (Phi) is 5.53. The maximum atomic E-state index is 12.7. The Bertz CT molecular complexity index is 1360. The largest absolute Gasteiger partial charge is 0.495 e. The minimum absolute atomic E-state index is 0.0991. The van der Waals surface area contributed by atoms with Crippen molar-refractivity contribution in [3.05, 3.63) is 92.6 Å². The normalized spacial score (nSPS) is 10.8. The molecule has 1 N–H and O–H groups in total. The summed E-state index contributed by atoms with van der Waals surface area (Å²) in [6.07, 6.45) is 0. The van der Waals surface area contributed by atoms with E-state index in [0.29, 0.717) is 44.3 Å². The molecule has 4 rings (SSSR count). The number of methoxy groups -OCH3 is 1. The van der Waals surface area contributed by atoms with Crippen LogP contribution in [0.1, 0.15) is 21.5 Å². The zero-order valence-electron chi connectivity index (χ0n) is 17.3. The first-order valence-electron chi connectivity index (χ1n) is 9.66. The average Bonchev–Trinajstić information content (AvgIpc) is 2.74. The summed E-state index contributed by atoms with van der Waals surface area (Å²) in [6.45, 7) is 3.86. The third kappa shape index (κ3) is 4.18. The lowest BCUT2D eigenvalue weighted by atomic mass is 10.1. The van der Waals surface area contributed by atoms with Crippen molar-refractivity contribution in [3.8, 4) is 17.1 Å². The SMILES string of the molecule is COc1ccc(Cl)cc1NC(=O)c1ccc(-c2cc(=O)c3cc(C)cc(C)c3o2)cc1. The van der Waals surface area contributed by atoms with Gasteiger partial charge in [-0.2, -0.15) is 0 Å². The van der Waals surface area contributed by atoms with E-state index in [1.54, 1.807) is 42.5 Å². The quantitative estimate of drug-likeness (QED) is 0.429. The molecule has 3 aromatic carbocycles. The minimum Gasteiger partial charge on any atom is -0.495 e. The summed E-state index contributed by atoms with van der Waals surface area (Å²) in [7, 11) is 1.52. The molecule has 0 unspecified atom stereocenters. The van der Waals surface area contributed by atoms with Crippen molar-refractivity contribution in [1.82, 2.24) is 0 Å². The number of amides is 1. The summed E-state index contributed by atoms with van der Waals surface area (Å²) in [5, 5.41) is 3.85. The van der Waals surface area contributed by atoms with Gasteiger partial charge >= 0.3 is 0 Å². The highest BCUT2D eigenvalue weighted by molar-refractivity contribution is 6.31. The van der Waals surface area contributed by atoms with Crippen LogP contribution in [0, 0.1) is 13.8 Å². The van der Waals surface area contributed by atoms with Gasteiger partial charge in [-0.15, -0.1) is 0 Å². The number of rotatable bonds is 4. The molecule has 0 saturated carbocycles. The van der Waals surface area contributed by atoms with Crippen LogP contribution in [-0.4, -0.2) is 13.0 Å². The summed E-state index contributed by atoms with van der Waals surface area (Å²) < 4.78 is 11.3. The molecule has 1 heterocycles. The number of nitrogens with one attached hydrogen (secondary N) is 1. The van der Waals surface area contributed by atoms with Gasteiger partial charge in [0.2, 0.25) is 0 Å². The summed E-state index contributed by atoms with van der Waals surface area (Å²) in [5.41, 5.74) is 4.02. The zero-order chi connectivity index (χ0) is 22.1. The first-order chi connectivity index (χ1) is 14.9. The first-order valence-corrected chi connectivity index (χ1v) is 10.0. The van der Waals surface area contributed by atoms with E-state index < -0.39 is 0 Å². The zero-order valence-corrected chi connectivity index (χ0v) is 18.0. The lowest BCUT2D eigenvalue weighted by Gasteiger charge is -2.11. The van der Waals surface area contributed by atoms with E-state index in [0.717, 1.165) is 11.1 Å². The van der Waals surface area contributed by atoms with E-state index in [9.17, 15) is 9.59 Å². The van der Waals surface area contributed by atoms with Gasteiger partial charge in [-0.05, 0) is 61.4 Å². The van der Waals surface area contributed by atoms with Gasteiger partial charge < -0.3 is 14.5 Å². The lowest BCUT2D eigenvalue weighted by Crippen LogP contribution is -2.12. The Morgan fingerprint density at radius 1 is 1.00 bits per heavy atom. The second-order valence-electron chi connectivity index (χ2n) is 7.31. The summed E-state index contributed by atoms with van der Waals surface area (Å²) in [4.78, 5) is 25.3. The maximum absolute atomic E-state index is 12.7. The Hall–Kier alpha value is -3.57. The summed E-state index contributed by atoms with van der Waals surface area (Å²) in [5.74, 6) is 0.657. The fraction of sp³-hybridized carbons (Fsp3) is 0.120. The van der Waals surface area contributed by atoms with Crippen LogP contribution in [0.3, 0.4) is 0 Å². The number of carbonyl (C=O) groups excluding carboxylic acids is 1. The van der Waals surface area contributed by atoms with Gasteiger partial charge in [0.1, 0.15) is 17.1 Å². The second-order valence-corrected chi connectivity index (χ2v) is 7.75. The third-order valence-electron chi connectivity index (χ3n) is 5.00. The van der Waals surface area contributed by atoms with Gasteiger partial charge in [-0.3, -0.25) is 9.59 Å². The van der Waals surface area contributed by atoms with Crippen LogP contribution in [0.25, 0.3) is 22.3 Å². The molecule has 156 valence electrons. The fourth-order valence-corrected chi connectivity index (χ4v) is 3.68. The highest BCUT2D eigenvalue weighted by atomic mass is 35.5. The summed E-state index contributed by atoms with van der Waals surface area (Å²) >= 11 is 6.02. The monoisotopic (exact) mass is 433 g/mol. The third-order valence-corrected chi connectivity index (χ3v) is 5.24. The van der Waals surface area contributed by atoms with Crippen LogP contribution >= 0.6 is 11.6 Å². The van der Waals surface area contributed by atoms with Crippen LogP contribution in [0.15, 0.2) is 69.9 Å². The Morgan fingerprint density at radius 2 is 1.74 bits per heavy atom. The topological polar surface area (TPSA) is 68.5 Å². The Labute approximate surface area is 184 Å². The number of anilines is 1. The molecular formula is C25H20ClNO4. The van der Waals surface area contributed by atoms with E-state index in [-0.39, 0.29) is 11.3 Å². The van der Waals surface area contributed by atoms with Crippen molar-refractivity contribution in [2.45, 2.75) is 13.8 Å². The number of aryl methyl sites for hydroxylation is 2. The molecule has 4 aromatic rings. The number of ether oxygens (including phenoxy) is 1. The number of benzene rings is 3. The highest BCUT2D eigenvalue weighted by Crippen LogP contribution is 2.29. The van der Waals surface area contributed by atoms with Gasteiger partial charge in [0.15, 0.2) is 5.43 Å². The van der Waals surface area contributed by atoms with Crippen LogP contribution in [0.5, 0.6) is 5.75 Å². The number of hydrogen-bond acceptors (Lipinski definition) is 4.